The Bertz CT molecular complexity index is 778. The largest absolute Gasteiger partial charge is 0.274 e. The second-order valence-electron chi connectivity index (χ2n) is 6.58. The Hall–Kier alpha value is -1.69. The lowest BCUT2D eigenvalue weighted by atomic mass is 9.89. The molecule has 2 aromatic carbocycles. The van der Waals surface area contributed by atoms with Crippen LogP contribution in [0.3, 0.4) is 0 Å². The third-order valence-electron chi connectivity index (χ3n) is 4.57. The van der Waals surface area contributed by atoms with Gasteiger partial charge in [-0.3, -0.25) is 14.5 Å². The van der Waals surface area contributed by atoms with Crippen molar-refractivity contribution in [1.82, 2.24) is 0 Å². The third kappa shape index (κ3) is 3.24. The van der Waals surface area contributed by atoms with Crippen molar-refractivity contribution in [2.45, 2.75) is 27.2 Å². The van der Waals surface area contributed by atoms with Crippen LogP contribution in [0.4, 0.5) is 5.69 Å². The summed E-state index contributed by atoms with van der Waals surface area (Å²) in [6, 6.07) is 13.8. The first kappa shape index (κ1) is 17.1. The molecule has 0 spiro atoms. The molecule has 2 atom stereocenters. The molecule has 0 bridgehead atoms. The topological polar surface area (TPSA) is 37.4 Å². The van der Waals surface area contributed by atoms with E-state index in [4.69, 9.17) is 0 Å². The molecule has 3 nitrogen and oxygen atoms in total. The number of rotatable bonds is 3. The Morgan fingerprint density at radius 1 is 0.958 bits per heavy atom. The van der Waals surface area contributed by atoms with Gasteiger partial charge in [0.2, 0.25) is 11.8 Å². The van der Waals surface area contributed by atoms with Crippen LogP contribution in [-0.4, -0.2) is 11.8 Å². The summed E-state index contributed by atoms with van der Waals surface area (Å²) in [5, 5.41) is 0. The van der Waals surface area contributed by atoms with Crippen molar-refractivity contribution in [2.24, 2.45) is 11.8 Å². The maximum atomic E-state index is 12.9. The lowest BCUT2D eigenvalue weighted by Crippen LogP contribution is -2.31. The van der Waals surface area contributed by atoms with Crippen molar-refractivity contribution in [3.63, 3.8) is 0 Å². The molecule has 2 aromatic rings. The number of carbonyl (C=O) groups excluding carboxylic acids is 2. The highest BCUT2D eigenvalue weighted by molar-refractivity contribution is 14.1. The second kappa shape index (κ2) is 6.67. The molecule has 2 amide bonds. The maximum absolute atomic E-state index is 12.9. The van der Waals surface area contributed by atoms with E-state index >= 15 is 0 Å². The highest BCUT2D eigenvalue weighted by atomic mass is 127. The molecule has 4 heteroatoms. The minimum absolute atomic E-state index is 0.0899. The summed E-state index contributed by atoms with van der Waals surface area (Å²) in [6.07, 6.45) is 0.606. The molecule has 3 rings (SSSR count). The van der Waals surface area contributed by atoms with Crippen molar-refractivity contribution in [3.05, 3.63) is 62.7 Å². The summed E-state index contributed by atoms with van der Waals surface area (Å²) in [4.78, 5) is 26.9. The van der Waals surface area contributed by atoms with Gasteiger partial charge in [0.15, 0.2) is 0 Å². The zero-order chi connectivity index (χ0) is 17.4. The number of amides is 2. The van der Waals surface area contributed by atoms with Crippen LogP contribution in [0, 0.1) is 29.3 Å². The zero-order valence-corrected chi connectivity index (χ0v) is 16.2. The molecule has 0 radical (unpaired) electrons. The van der Waals surface area contributed by atoms with Gasteiger partial charge in [0.1, 0.15) is 0 Å². The lowest BCUT2D eigenvalue weighted by Gasteiger charge is -2.15. The minimum Gasteiger partial charge on any atom is -0.274 e. The fourth-order valence-electron chi connectivity index (χ4n) is 3.41. The van der Waals surface area contributed by atoms with Gasteiger partial charge in [-0.25, -0.2) is 0 Å². The van der Waals surface area contributed by atoms with E-state index in [1.165, 1.54) is 16.0 Å². The van der Waals surface area contributed by atoms with E-state index in [0.717, 1.165) is 9.13 Å². The first-order chi connectivity index (χ1) is 11.4. The van der Waals surface area contributed by atoms with Crippen LogP contribution in [0.5, 0.6) is 0 Å². The third-order valence-corrected chi connectivity index (χ3v) is 5.29. The maximum Gasteiger partial charge on any atom is 0.238 e. The van der Waals surface area contributed by atoms with E-state index in [1.807, 2.05) is 31.2 Å². The van der Waals surface area contributed by atoms with Crippen molar-refractivity contribution in [3.8, 4) is 0 Å². The van der Waals surface area contributed by atoms with Crippen molar-refractivity contribution in [1.29, 1.82) is 0 Å². The summed E-state index contributed by atoms with van der Waals surface area (Å²) in [6.45, 7) is 5.97. The van der Waals surface area contributed by atoms with E-state index < -0.39 is 0 Å². The zero-order valence-electron chi connectivity index (χ0n) is 14.0. The van der Waals surface area contributed by atoms with Crippen molar-refractivity contribution < 1.29 is 9.59 Å². The average molecular weight is 433 g/mol. The Morgan fingerprint density at radius 2 is 1.54 bits per heavy atom. The number of anilines is 1. The van der Waals surface area contributed by atoms with Crippen LogP contribution in [0.2, 0.25) is 0 Å². The van der Waals surface area contributed by atoms with Crippen LogP contribution in [0.15, 0.2) is 42.5 Å². The predicted octanol–water partition coefficient (Wildman–Crippen LogP) is 4.28. The number of imide groups is 1. The van der Waals surface area contributed by atoms with E-state index in [2.05, 4.69) is 54.6 Å². The second-order valence-corrected chi connectivity index (χ2v) is 7.83. The van der Waals surface area contributed by atoms with E-state index in [1.54, 1.807) is 0 Å². The summed E-state index contributed by atoms with van der Waals surface area (Å²) in [5.41, 5.74) is 4.16. The van der Waals surface area contributed by atoms with Crippen LogP contribution < -0.4 is 4.90 Å². The SMILES string of the molecule is Cc1cc(C)cc(C[C@@H]2C(=O)N(c3ccc(I)cc3)C(=O)[C@@H]2C)c1. The Kier molecular flexibility index (Phi) is 4.76. The van der Waals surface area contributed by atoms with Crippen molar-refractivity contribution in [2.75, 3.05) is 4.90 Å². The van der Waals surface area contributed by atoms with Gasteiger partial charge in [-0.05, 0) is 72.7 Å². The first-order valence-corrected chi connectivity index (χ1v) is 9.15. The smallest absolute Gasteiger partial charge is 0.238 e. The molecular weight excluding hydrogens is 413 g/mol. The summed E-state index contributed by atoms with van der Waals surface area (Å²) >= 11 is 2.21. The molecule has 0 N–H and O–H groups in total. The van der Waals surface area contributed by atoms with Gasteiger partial charge < -0.3 is 0 Å². The summed E-state index contributed by atoms with van der Waals surface area (Å²) in [5.74, 6) is -0.779. The molecule has 124 valence electrons. The number of benzene rings is 2. The molecule has 1 aliphatic rings. The Morgan fingerprint density at radius 3 is 2.12 bits per heavy atom. The van der Waals surface area contributed by atoms with Gasteiger partial charge in [-0.15, -0.1) is 0 Å². The van der Waals surface area contributed by atoms with Gasteiger partial charge in [0.25, 0.3) is 0 Å². The number of halogens is 1. The highest BCUT2D eigenvalue weighted by Crippen LogP contribution is 2.33. The van der Waals surface area contributed by atoms with Crippen LogP contribution in [-0.2, 0) is 16.0 Å². The van der Waals surface area contributed by atoms with E-state index in [-0.39, 0.29) is 23.7 Å². The van der Waals surface area contributed by atoms with Gasteiger partial charge in [0.05, 0.1) is 11.6 Å². The standard InChI is InChI=1S/C20H20INO2/c1-12-8-13(2)10-15(9-12)11-18-14(3)19(23)22(20(18)24)17-6-4-16(21)5-7-17/h4-10,14,18H,11H2,1-3H3/t14-,18+/m1/s1. The Labute approximate surface area is 156 Å². The normalized spacial score (nSPS) is 20.8. The summed E-state index contributed by atoms with van der Waals surface area (Å²) in [7, 11) is 0. The number of hydrogen-bond acceptors (Lipinski definition) is 2. The van der Waals surface area contributed by atoms with Gasteiger partial charge >= 0.3 is 0 Å². The predicted molar refractivity (Wildman–Crippen MR) is 104 cm³/mol. The first-order valence-electron chi connectivity index (χ1n) is 8.07. The van der Waals surface area contributed by atoms with Crippen LogP contribution in [0.1, 0.15) is 23.6 Å². The number of nitrogens with zero attached hydrogens (tertiary/aromatic N) is 1. The molecule has 1 aliphatic heterocycles. The minimum atomic E-state index is -0.294. The van der Waals surface area contributed by atoms with Gasteiger partial charge in [-0.2, -0.15) is 0 Å². The van der Waals surface area contributed by atoms with Crippen LogP contribution >= 0.6 is 22.6 Å². The molecule has 0 aromatic heterocycles. The molecule has 0 saturated carbocycles. The molecule has 1 heterocycles. The molecule has 0 aliphatic carbocycles. The molecule has 1 saturated heterocycles. The molecule has 24 heavy (non-hydrogen) atoms. The molecule has 0 unspecified atom stereocenters. The number of hydrogen-bond donors (Lipinski definition) is 0. The van der Waals surface area contributed by atoms with Gasteiger partial charge in [0, 0.05) is 9.49 Å². The number of carbonyl (C=O) groups is 2. The molecule has 1 fully saturated rings. The highest BCUT2D eigenvalue weighted by Gasteiger charge is 2.45. The fraction of sp³-hybridized carbons (Fsp3) is 0.300. The Balaban J connectivity index is 1.88. The average Bonchev–Trinajstić information content (AvgIpc) is 2.71. The lowest BCUT2D eigenvalue weighted by molar-refractivity contribution is -0.122. The number of aryl methyl sites for hydroxylation is 2. The quantitative estimate of drug-likeness (QED) is 0.536. The monoisotopic (exact) mass is 433 g/mol. The van der Waals surface area contributed by atoms with Gasteiger partial charge in [-0.1, -0.05) is 36.2 Å². The molecular formula is C20H20INO2. The van der Waals surface area contributed by atoms with E-state index in [9.17, 15) is 9.59 Å². The summed E-state index contributed by atoms with van der Waals surface area (Å²) < 4.78 is 1.08. The fourth-order valence-corrected chi connectivity index (χ4v) is 3.77. The van der Waals surface area contributed by atoms with Crippen molar-refractivity contribution >= 4 is 40.1 Å². The van der Waals surface area contributed by atoms with Crippen LogP contribution in [0.25, 0.3) is 0 Å². The van der Waals surface area contributed by atoms with E-state index in [0.29, 0.717) is 12.1 Å².